The van der Waals surface area contributed by atoms with Gasteiger partial charge < -0.3 is 30.0 Å². The molecule has 2 aliphatic rings. The molecule has 0 radical (unpaired) electrons. The summed E-state index contributed by atoms with van der Waals surface area (Å²) in [7, 11) is 0. The SMILES string of the molecule is CC(C)(CN=C(N)Nc1ccc2c(c1)OCCCO2)c1ccc2c(c1)OCO2.I. The van der Waals surface area contributed by atoms with E-state index in [1.807, 2.05) is 36.4 Å². The summed E-state index contributed by atoms with van der Waals surface area (Å²) >= 11 is 0. The van der Waals surface area contributed by atoms with Crippen LogP contribution in [0.5, 0.6) is 23.0 Å². The van der Waals surface area contributed by atoms with Gasteiger partial charge in [0.15, 0.2) is 29.0 Å². The van der Waals surface area contributed by atoms with Gasteiger partial charge in [-0.3, -0.25) is 4.99 Å². The zero-order valence-electron chi connectivity index (χ0n) is 16.6. The molecule has 0 saturated heterocycles. The van der Waals surface area contributed by atoms with Crippen LogP contribution in [-0.2, 0) is 5.41 Å². The second-order valence-corrected chi connectivity index (χ2v) is 7.49. The standard InChI is InChI=1S/C21H25N3O4.HI/c1-21(2,14-4-6-17-18(10-14)28-13-27-17)12-23-20(22)24-15-5-7-16-19(11-15)26-9-3-8-25-16;/h4-7,10-11H,3,8-9,12-13H2,1-2H3,(H3,22,23,24);1H. The van der Waals surface area contributed by atoms with Crippen molar-refractivity contribution in [3.05, 3.63) is 42.0 Å². The second-order valence-electron chi connectivity index (χ2n) is 7.49. The number of halogens is 1. The van der Waals surface area contributed by atoms with Gasteiger partial charge in [0.05, 0.1) is 19.8 Å². The van der Waals surface area contributed by atoms with Gasteiger partial charge in [-0.15, -0.1) is 24.0 Å². The fraction of sp³-hybridized carbons (Fsp3) is 0.381. The van der Waals surface area contributed by atoms with Crippen LogP contribution in [0.4, 0.5) is 5.69 Å². The molecule has 29 heavy (non-hydrogen) atoms. The monoisotopic (exact) mass is 511 g/mol. The summed E-state index contributed by atoms with van der Waals surface area (Å²) in [6.07, 6.45) is 0.871. The number of nitrogens with one attached hydrogen (secondary N) is 1. The topological polar surface area (TPSA) is 87.3 Å². The molecule has 2 aromatic rings. The van der Waals surface area contributed by atoms with Crippen molar-refractivity contribution in [2.75, 3.05) is 31.9 Å². The van der Waals surface area contributed by atoms with Gasteiger partial charge in [0.1, 0.15) is 0 Å². The molecule has 0 aliphatic carbocycles. The largest absolute Gasteiger partial charge is 0.490 e. The Morgan fingerprint density at radius 2 is 1.62 bits per heavy atom. The summed E-state index contributed by atoms with van der Waals surface area (Å²) in [4.78, 5) is 4.53. The van der Waals surface area contributed by atoms with Crippen LogP contribution in [0, 0.1) is 0 Å². The van der Waals surface area contributed by atoms with E-state index in [2.05, 4.69) is 24.2 Å². The number of hydrogen-bond donors (Lipinski definition) is 2. The van der Waals surface area contributed by atoms with Gasteiger partial charge >= 0.3 is 0 Å². The average molecular weight is 511 g/mol. The van der Waals surface area contributed by atoms with Gasteiger partial charge in [-0.25, -0.2) is 0 Å². The van der Waals surface area contributed by atoms with E-state index in [0.29, 0.717) is 25.7 Å². The number of nitrogens with two attached hydrogens (primary N) is 1. The molecule has 4 rings (SSSR count). The Labute approximate surface area is 187 Å². The number of benzene rings is 2. The number of hydrogen-bond acceptors (Lipinski definition) is 5. The van der Waals surface area contributed by atoms with Crippen LogP contribution in [0.15, 0.2) is 41.4 Å². The smallest absolute Gasteiger partial charge is 0.231 e. The predicted molar refractivity (Wildman–Crippen MR) is 123 cm³/mol. The number of rotatable bonds is 4. The highest BCUT2D eigenvalue weighted by atomic mass is 127. The Balaban J connectivity index is 0.00000240. The van der Waals surface area contributed by atoms with E-state index in [0.717, 1.165) is 40.7 Å². The zero-order chi connectivity index (χ0) is 19.6. The van der Waals surface area contributed by atoms with Gasteiger partial charge in [-0.05, 0) is 29.8 Å². The lowest BCUT2D eigenvalue weighted by Gasteiger charge is -2.23. The molecule has 8 heteroatoms. The van der Waals surface area contributed by atoms with Crippen LogP contribution < -0.4 is 30.0 Å². The molecule has 7 nitrogen and oxygen atoms in total. The third kappa shape index (κ3) is 4.98. The molecule has 0 unspecified atom stereocenters. The van der Waals surface area contributed by atoms with Crippen LogP contribution in [0.2, 0.25) is 0 Å². The van der Waals surface area contributed by atoms with Crippen LogP contribution in [-0.4, -0.2) is 32.5 Å². The molecule has 0 bridgehead atoms. The van der Waals surface area contributed by atoms with E-state index >= 15 is 0 Å². The van der Waals surface area contributed by atoms with Crippen LogP contribution in [0.3, 0.4) is 0 Å². The first-order valence-corrected chi connectivity index (χ1v) is 9.38. The van der Waals surface area contributed by atoms with E-state index in [9.17, 15) is 0 Å². The maximum absolute atomic E-state index is 6.11. The average Bonchev–Trinajstić information content (AvgIpc) is 3.03. The number of ether oxygens (including phenoxy) is 4. The molecular weight excluding hydrogens is 485 g/mol. The highest BCUT2D eigenvalue weighted by Crippen LogP contribution is 2.36. The van der Waals surface area contributed by atoms with Crippen molar-refractivity contribution in [1.29, 1.82) is 0 Å². The van der Waals surface area contributed by atoms with Gasteiger partial charge in [0.2, 0.25) is 6.79 Å². The van der Waals surface area contributed by atoms with E-state index in [1.165, 1.54) is 0 Å². The molecular formula is C21H26IN3O4. The van der Waals surface area contributed by atoms with Crippen LogP contribution >= 0.6 is 24.0 Å². The fourth-order valence-electron chi connectivity index (χ4n) is 3.12. The molecule has 0 saturated carbocycles. The van der Waals surface area contributed by atoms with Gasteiger partial charge in [-0.2, -0.15) is 0 Å². The molecule has 0 spiro atoms. The molecule has 0 aromatic heterocycles. The minimum Gasteiger partial charge on any atom is -0.490 e. The molecule has 0 amide bonds. The summed E-state index contributed by atoms with van der Waals surface area (Å²) in [6, 6.07) is 11.6. The molecule has 3 N–H and O–H groups in total. The minimum atomic E-state index is -0.210. The van der Waals surface area contributed by atoms with Crippen molar-refractivity contribution in [3.63, 3.8) is 0 Å². The predicted octanol–water partition coefficient (Wildman–Crippen LogP) is 3.90. The molecule has 2 heterocycles. The van der Waals surface area contributed by atoms with E-state index < -0.39 is 0 Å². The lowest BCUT2D eigenvalue weighted by Crippen LogP contribution is -2.27. The molecule has 156 valence electrons. The number of guanidine groups is 1. The first-order chi connectivity index (χ1) is 13.5. The Kier molecular flexibility index (Phi) is 6.61. The normalized spacial score (nSPS) is 15.3. The van der Waals surface area contributed by atoms with Crippen molar-refractivity contribution in [1.82, 2.24) is 0 Å². The molecule has 2 aromatic carbocycles. The zero-order valence-corrected chi connectivity index (χ0v) is 18.9. The summed E-state index contributed by atoms with van der Waals surface area (Å²) in [6.45, 7) is 6.34. The maximum Gasteiger partial charge on any atom is 0.231 e. The Hall–Kier alpha value is -2.36. The second kappa shape index (κ2) is 8.98. The fourth-order valence-corrected chi connectivity index (χ4v) is 3.12. The van der Waals surface area contributed by atoms with Crippen LogP contribution in [0.25, 0.3) is 0 Å². The Bertz CT molecular complexity index is 901. The quantitative estimate of drug-likeness (QED) is 0.368. The molecule has 0 atom stereocenters. The first-order valence-electron chi connectivity index (χ1n) is 9.38. The lowest BCUT2D eigenvalue weighted by atomic mass is 9.84. The van der Waals surface area contributed by atoms with Gasteiger partial charge in [0, 0.05) is 23.6 Å². The van der Waals surface area contributed by atoms with Crippen molar-refractivity contribution >= 4 is 35.6 Å². The van der Waals surface area contributed by atoms with Gasteiger partial charge in [-0.1, -0.05) is 19.9 Å². The van der Waals surface area contributed by atoms with E-state index in [1.54, 1.807) is 0 Å². The first kappa shape index (κ1) is 21.4. The van der Waals surface area contributed by atoms with Crippen molar-refractivity contribution in [3.8, 4) is 23.0 Å². The summed E-state index contributed by atoms with van der Waals surface area (Å²) in [5, 5.41) is 3.13. The Morgan fingerprint density at radius 3 is 2.45 bits per heavy atom. The van der Waals surface area contributed by atoms with Gasteiger partial charge in [0.25, 0.3) is 0 Å². The van der Waals surface area contributed by atoms with E-state index in [4.69, 9.17) is 24.7 Å². The summed E-state index contributed by atoms with van der Waals surface area (Å²) < 4.78 is 22.2. The number of fused-ring (bicyclic) bond motifs is 2. The third-order valence-electron chi connectivity index (χ3n) is 4.82. The van der Waals surface area contributed by atoms with Crippen LogP contribution in [0.1, 0.15) is 25.8 Å². The highest BCUT2D eigenvalue weighted by molar-refractivity contribution is 14.0. The molecule has 2 aliphatic heterocycles. The third-order valence-corrected chi connectivity index (χ3v) is 4.82. The summed E-state index contributed by atoms with van der Waals surface area (Å²) in [5.41, 5.74) is 7.83. The van der Waals surface area contributed by atoms with Crippen molar-refractivity contribution in [2.24, 2.45) is 10.7 Å². The van der Waals surface area contributed by atoms with Crippen molar-refractivity contribution < 1.29 is 18.9 Å². The molecule has 0 fully saturated rings. The summed E-state index contributed by atoms with van der Waals surface area (Å²) in [5.74, 6) is 3.37. The number of nitrogens with zero attached hydrogens (tertiary/aromatic N) is 1. The highest BCUT2D eigenvalue weighted by Gasteiger charge is 2.24. The maximum atomic E-state index is 6.11. The van der Waals surface area contributed by atoms with Crippen molar-refractivity contribution in [2.45, 2.75) is 25.7 Å². The number of aliphatic imine (C=N–C) groups is 1. The number of anilines is 1. The Morgan fingerprint density at radius 1 is 0.966 bits per heavy atom. The van der Waals surface area contributed by atoms with E-state index in [-0.39, 0.29) is 36.2 Å². The minimum absolute atomic E-state index is 0. The lowest BCUT2D eigenvalue weighted by molar-refractivity contribution is 0.174.